The molecular weight excluding hydrogens is 397 g/mol. The molecule has 4 atom stereocenters. The van der Waals surface area contributed by atoms with Crippen LogP contribution in [0.2, 0.25) is 0 Å². The predicted molar refractivity (Wildman–Crippen MR) is 111 cm³/mol. The number of rotatable bonds is 4. The molecule has 0 amide bonds. The van der Waals surface area contributed by atoms with Crippen LogP contribution in [0.3, 0.4) is 0 Å². The number of benzene rings is 2. The number of thiocarbonyl (C=S) groups is 1. The van der Waals surface area contributed by atoms with Gasteiger partial charge in [-0.15, -0.1) is 0 Å². The van der Waals surface area contributed by atoms with Gasteiger partial charge in [0.25, 0.3) is 0 Å². The maximum atomic E-state index is 13.3. The van der Waals surface area contributed by atoms with Crippen molar-refractivity contribution in [3.63, 3.8) is 0 Å². The summed E-state index contributed by atoms with van der Waals surface area (Å²) in [4.78, 5) is 0.433. The van der Waals surface area contributed by atoms with Crippen LogP contribution in [0.1, 0.15) is 54.5 Å². The summed E-state index contributed by atoms with van der Waals surface area (Å²) in [5.41, 5.74) is 7.36. The Balaban J connectivity index is 1.70. The molecule has 0 bridgehead atoms. The van der Waals surface area contributed by atoms with Crippen LogP contribution in [0.25, 0.3) is 0 Å². The van der Waals surface area contributed by atoms with Crippen LogP contribution in [0.15, 0.2) is 48.5 Å². The lowest BCUT2D eigenvalue weighted by atomic mass is 9.76. The standard InChI is InChI=1S/C22H23F3N2OS/c23-22(24,25)14-6-10-18-17(12-14)21-16(9-7-15(28-21)8-11-19(26)29)20(27-18)13-4-2-1-3-5-13/h1-6,10,12,15-16,20-21,27H,7-9,11H2,(H2,26,29)/t15-,16+,20+,21+/m1/s1. The van der Waals surface area contributed by atoms with Gasteiger partial charge in [0, 0.05) is 17.2 Å². The predicted octanol–water partition coefficient (Wildman–Crippen LogP) is 5.77. The van der Waals surface area contributed by atoms with E-state index in [2.05, 4.69) is 5.32 Å². The van der Waals surface area contributed by atoms with Crippen molar-refractivity contribution in [3.05, 3.63) is 65.2 Å². The van der Waals surface area contributed by atoms with Gasteiger partial charge < -0.3 is 15.8 Å². The summed E-state index contributed by atoms with van der Waals surface area (Å²) in [6, 6.07) is 13.9. The SMILES string of the molecule is NC(=S)CC[C@H]1CC[C@@H]2[C@H](O1)c1cc(C(F)(F)F)ccc1N[C@H]2c1ccccc1. The van der Waals surface area contributed by atoms with Crippen molar-refractivity contribution < 1.29 is 17.9 Å². The number of ether oxygens (including phenoxy) is 1. The van der Waals surface area contributed by atoms with Crippen molar-refractivity contribution in [2.24, 2.45) is 11.7 Å². The molecular formula is C22H23F3N2OS. The molecule has 1 fully saturated rings. The highest BCUT2D eigenvalue weighted by Crippen LogP contribution is 2.51. The normalized spacial score (nSPS) is 26.2. The van der Waals surface area contributed by atoms with E-state index in [1.807, 2.05) is 30.3 Å². The van der Waals surface area contributed by atoms with Crippen molar-refractivity contribution in [3.8, 4) is 0 Å². The summed E-state index contributed by atoms with van der Waals surface area (Å²) < 4.78 is 46.3. The minimum Gasteiger partial charge on any atom is -0.393 e. The van der Waals surface area contributed by atoms with Crippen molar-refractivity contribution in [1.82, 2.24) is 0 Å². The van der Waals surface area contributed by atoms with E-state index >= 15 is 0 Å². The molecule has 0 aliphatic carbocycles. The van der Waals surface area contributed by atoms with Gasteiger partial charge in [-0.05, 0) is 49.4 Å². The van der Waals surface area contributed by atoms with E-state index in [1.54, 1.807) is 0 Å². The first-order valence-corrected chi connectivity index (χ1v) is 10.2. The minimum atomic E-state index is -4.39. The molecule has 29 heavy (non-hydrogen) atoms. The van der Waals surface area contributed by atoms with Crippen molar-refractivity contribution >= 4 is 22.9 Å². The summed E-state index contributed by atoms with van der Waals surface area (Å²) >= 11 is 4.97. The molecule has 154 valence electrons. The Morgan fingerprint density at radius 1 is 1.14 bits per heavy atom. The van der Waals surface area contributed by atoms with Crippen LogP contribution in [-0.4, -0.2) is 11.1 Å². The molecule has 2 aromatic carbocycles. The molecule has 4 rings (SSSR count). The Morgan fingerprint density at radius 2 is 1.90 bits per heavy atom. The highest BCUT2D eigenvalue weighted by atomic mass is 32.1. The molecule has 1 saturated heterocycles. The fourth-order valence-electron chi connectivity index (χ4n) is 4.44. The van der Waals surface area contributed by atoms with Crippen LogP contribution in [0, 0.1) is 5.92 Å². The molecule has 7 heteroatoms. The average Bonchev–Trinajstić information content (AvgIpc) is 2.71. The third-order valence-electron chi connectivity index (χ3n) is 5.85. The molecule has 3 nitrogen and oxygen atoms in total. The highest BCUT2D eigenvalue weighted by Gasteiger charge is 2.43. The van der Waals surface area contributed by atoms with Gasteiger partial charge in [0.15, 0.2) is 0 Å². The molecule has 0 radical (unpaired) electrons. The topological polar surface area (TPSA) is 47.3 Å². The van der Waals surface area contributed by atoms with E-state index in [1.165, 1.54) is 12.1 Å². The van der Waals surface area contributed by atoms with Crippen molar-refractivity contribution in [2.75, 3.05) is 5.32 Å². The molecule has 2 aliphatic heterocycles. The maximum Gasteiger partial charge on any atom is 0.416 e. The zero-order valence-corrected chi connectivity index (χ0v) is 16.6. The Labute approximate surface area is 173 Å². The fourth-order valence-corrected chi connectivity index (χ4v) is 4.56. The quantitative estimate of drug-likeness (QED) is 0.616. The minimum absolute atomic E-state index is 0.0121. The molecule has 0 spiro atoms. The second-order valence-electron chi connectivity index (χ2n) is 7.76. The van der Waals surface area contributed by atoms with Crippen LogP contribution >= 0.6 is 12.2 Å². The summed E-state index contributed by atoms with van der Waals surface area (Å²) in [5.74, 6) is 0.0504. The van der Waals surface area contributed by atoms with E-state index < -0.39 is 17.8 Å². The molecule has 3 N–H and O–H groups in total. The maximum absolute atomic E-state index is 13.3. The number of anilines is 1. The lowest BCUT2D eigenvalue weighted by Crippen LogP contribution is -2.39. The first-order valence-electron chi connectivity index (χ1n) is 9.79. The Kier molecular flexibility index (Phi) is 5.53. The largest absolute Gasteiger partial charge is 0.416 e. The summed E-state index contributed by atoms with van der Waals surface area (Å²) in [6.45, 7) is 0. The van der Waals surface area contributed by atoms with Crippen LogP contribution in [0.4, 0.5) is 18.9 Å². The summed E-state index contributed by atoms with van der Waals surface area (Å²) in [6.07, 6.45) is -1.89. The number of nitrogens with one attached hydrogen (secondary N) is 1. The van der Waals surface area contributed by atoms with Gasteiger partial charge in [-0.2, -0.15) is 13.2 Å². The van der Waals surface area contributed by atoms with Crippen molar-refractivity contribution in [1.29, 1.82) is 0 Å². The third-order valence-corrected chi connectivity index (χ3v) is 6.05. The molecule has 0 saturated carbocycles. The second kappa shape index (κ2) is 7.95. The number of hydrogen-bond acceptors (Lipinski definition) is 3. The van der Waals surface area contributed by atoms with Crippen LogP contribution < -0.4 is 11.1 Å². The van der Waals surface area contributed by atoms with Crippen LogP contribution in [-0.2, 0) is 10.9 Å². The summed E-state index contributed by atoms with van der Waals surface area (Å²) in [5, 5.41) is 3.47. The van der Waals surface area contributed by atoms with Gasteiger partial charge >= 0.3 is 6.18 Å². The van der Waals surface area contributed by atoms with Crippen molar-refractivity contribution in [2.45, 2.75) is 50.1 Å². The van der Waals surface area contributed by atoms with Gasteiger partial charge in [-0.25, -0.2) is 0 Å². The number of fused-ring (bicyclic) bond motifs is 3. The number of alkyl halides is 3. The lowest BCUT2D eigenvalue weighted by molar-refractivity contribution is -0.138. The number of hydrogen-bond donors (Lipinski definition) is 2. The van der Waals surface area contributed by atoms with Gasteiger partial charge in [0.1, 0.15) is 0 Å². The van der Waals surface area contributed by atoms with Gasteiger partial charge in [0.05, 0.1) is 28.8 Å². The van der Waals surface area contributed by atoms with E-state index in [4.69, 9.17) is 22.7 Å². The average molecular weight is 421 g/mol. The van der Waals surface area contributed by atoms with E-state index in [-0.39, 0.29) is 18.1 Å². The lowest BCUT2D eigenvalue weighted by Gasteiger charge is -2.46. The Bertz CT molecular complexity index is 887. The third kappa shape index (κ3) is 4.26. The smallest absolute Gasteiger partial charge is 0.393 e. The number of nitrogens with two attached hydrogens (primary N) is 1. The molecule has 2 heterocycles. The van der Waals surface area contributed by atoms with E-state index in [0.717, 1.165) is 24.5 Å². The Hall–Kier alpha value is -2.12. The highest BCUT2D eigenvalue weighted by molar-refractivity contribution is 7.80. The van der Waals surface area contributed by atoms with E-state index in [0.29, 0.717) is 29.1 Å². The summed E-state index contributed by atoms with van der Waals surface area (Å²) in [7, 11) is 0. The first-order chi connectivity index (χ1) is 13.8. The molecule has 0 unspecified atom stereocenters. The molecule has 2 aromatic rings. The molecule has 0 aromatic heterocycles. The zero-order chi connectivity index (χ0) is 20.6. The van der Waals surface area contributed by atoms with Gasteiger partial charge in [0.2, 0.25) is 0 Å². The van der Waals surface area contributed by atoms with Gasteiger partial charge in [-0.1, -0.05) is 42.5 Å². The van der Waals surface area contributed by atoms with E-state index in [9.17, 15) is 13.2 Å². The second-order valence-corrected chi connectivity index (χ2v) is 8.28. The Morgan fingerprint density at radius 3 is 2.59 bits per heavy atom. The zero-order valence-electron chi connectivity index (χ0n) is 15.8. The van der Waals surface area contributed by atoms with Gasteiger partial charge in [-0.3, -0.25) is 0 Å². The molecule has 2 aliphatic rings. The fraction of sp³-hybridized carbons (Fsp3) is 0.409. The van der Waals surface area contributed by atoms with Crippen LogP contribution in [0.5, 0.6) is 0 Å². The number of halogens is 3. The monoisotopic (exact) mass is 420 g/mol. The first kappa shape index (κ1) is 20.2.